The monoisotopic (exact) mass is 285 g/mol. The van der Waals surface area contributed by atoms with Crippen LogP contribution in [-0.4, -0.2) is 9.75 Å². The second kappa shape index (κ2) is 5.43. The molecule has 1 aromatic rings. The van der Waals surface area contributed by atoms with Crippen LogP contribution in [0.1, 0.15) is 32.3 Å². The minimum Gasteiger partial charge on any atom is -0.258 e. The fraction of sp³-hybridized carbons (Fsp3) is 0.500. The first-order valence-corrected chi connectivity index (χ1v) is 6.24. The van der Waals surface area contributed by atoms with Gasteiger partial charge in [-0.05, 0) is 5.92 Å². The van der Waals surface area contributed by atoms with Gasteiger partial charge in [0.25, 0.3) is 5.69 Å². The van der Waals surface area contributed by atoms with Gasteiger partial charge in [0.2, 0.25) is 0 Å². The first kappa shape index (κ1) is 13.2. The smallest absolute Gasteiger partial charge is 0.258 e. The highest BCUT2D eigenvalue weighted by Crippen LogP contribution is 2.36. The van der Waals surface area contributed by atoms with Crippen molar-refractivity contribution >= 4 is 21.6 Å². The first-order valence-electron chi connectivity index (χ1n) is 5.32. The van der Waals surface area contributed by atoms with Gasteiger partial charge in [-0.3, -0.25) is 10.1 Å². The van der Waals surface area contributed by atoms with Crippen molar-refractivity contribution in [3.63, 3.8) is 0 Å². The molecule has 0 aliphatic carbocycles. The van der Waals surface area contributed by atoms with Crippen molar-refractivity contribution < 1.29 is 4.92 Å². The van der Waals surface area contributed by atoms with Crippen molar-refractivity contribution in [2.75, 3.05) is 0 Å². The molecule has 0 bridgehead atoms. The van der Waals surface area contributed by atoms with Crippen molar-refractivity contribution in [2.45, 2.75) is 31.5 Å². The van der Waals surface area contributed by atoms with E-state index >= 15 is 0 Å². The van der Waals surface area contributed by atoms with E-state index in [0.717, 1.165) is 5.56 Å². The summed E-state index contributed by atoms with van der Waals surface area (Å²) in [5, 5.41) is 11.0. The van der Waals surface area contributed by atoms with E-state index in [1.54, 1.807) is 12.1 Å². The van der Waals surface area contributed by atoms with Crippen LogP contribution in [0.25, 0.3) is 0 Å². The number of hydrogen-bond acceptors (Lipinski definition) is 2. The number of nitro groups is 1. The Hall–Kier alpha value is -0.900. The maximum Gasteiger partial charge on any atom is 0.272 e. The van der Waals surface area contributed by atoms with Crippen LogP contribution in [-0.2, 0) is 0 Å². The summed E-state index contributed by atoms with van der Waals surface area (Å²) in [5.74, 6) is 0.511. The van der Waals surface area contributed by atoms with Gasteiger partial charge in [0.05, 0.1) is 4.92 Å². The fourth-order valence-electron chi connectivity index (χ4n) is 2.07. The van der Waals surface area contributed by atoms with Gasteiger partial charge in [-0.25, -0.2) is 0 Å². The van der Waals surface area contributed by atoms with Crippen molar-refractivity contribution in [1.29, 1.82) is 0 Å². The highest BCUT2D eigenvalue weighted by atomic mass is 79.9. The molecular formula is C12H16BrNO2. The Bertz CT molecular complexity index is 369. The number of nitro benzene ring substituents is 1. The standard InChI is InChI=1S/C12H16BrNO2/c1-8(2)12(9(3)13)10-6-4-5-7-11(10)14(15)16/h4-9,12H,1-3H3. The van der Waals surface area contributed by atoms with E-state index in [1.165, 1.54) is 0 Å². The molecule has 0 spiro atoms. The zero-order valence-corrected chi connectivity index (χ0v) is 11.3. The Morgan fingerprint density at radius 2 is 1.81 bits per heavy atom. The third kappa shape index (κ3) is 2.82. The molecule has 0 radical (unpaired) electrons. The summed E-state index contributed by atoms with van der Waals surface area (Å²) in [6, 6.07) is 6.98. The zero-order valence-electron chi connectivity index (χ0n) is 9.68. The summed E-state index contributed by atoms with van der Waals surface area (Å²) in [6.45, 7) is 6.19. The van der Waals surface area contributed by atoms with Crippen LogP contribution >= 0.6 is 15.9 Å². The predicted molar refractivity (Wildman–Crippen MR) is 69.1 cm³/mol. The Morgan fingerprint density at radius 1 is 1.25 bits per heavy atom. The van der Waals surface area contributed by atoms with Crippen molar-refractivity contribution in [3.8, 4) is 0 Å². The van der Waals surface area contributed by atoms with Gasteiger partial charge in [-0.2, -0.15) is 0 Å². The van der Waals surface area contributed by atoms with Gasteiger partial charge in [0, 0.05) is 22.4 Å². The Morgan fingerprint density at radius 3 is 2.25 bits per heavy atom. The largest absolute Gasteiger partial charge is 0.272 e. The number of hydrogen-bond donors (Lipinski definition) is 0. The number of nitrogens with zero attached hydrogens (tertiary/aromatic N) is 1. The van der Waals surface area contributed by atoms with Crippen LogP contribution in [0.3, 0.4) is 0 Å². The average Bonchev–Trinajstić information content (AvgIpc) is 2.17. The SMILES string of the molecule is CC(C)C(c1ccccc1[N+](=O)[O-])C(C)Br. The average molecular weight is 286 g/mol. The lowest BCUT2D eigenvalue weighted by molar-refractivity contribution is -0.385. The quantitative estimate of drug-likeness (QED) is 0.474. The molecule has 1 rings (SSSR count). The van der Waals surface area contributed by atoms with Crippen molar-refractivity contribution in [1.82, 2.24) is 0 Å². The number of benzene rings is 1. The Labute approximate surface area is 104 Å². The molecule has 0 N–H and O–H groups in total. The van der Waals surface area contributed by atoms with Crippen LogP contribution < -0.4 is 0 Å². The molecule has 4 heteroatoms. The molecule has 88 valence electrons. The molecule has 16 heavy (non-hydrogen) atoms. The van der Waals surface area contributed by atoms with Crippen LogP contribution in [0.4, 0.5) is 5.69 Å². The number of rotatable bonds is 4. The van der Waals surface area contributed by atoms with E-state index in [0.29, 0.717) is 5.92 Å². The lowest BCUT2D eigenvalue weighted by Crippen LogP contribution is -2.16. The summed E-state index contributed by atoms with van der Waals surface area (Å²) < 4.78 is 0. The minimum absolute atomic E-state index is 0.154. The molecule has 0 saturated heterocycles. The number of para-hydroxylation sites is 1. The summed E-state index contributed by atoms with van der Waals surface area (Å²) >= 11 is 3.54. The molecule has 2 unspecified atom stereocenters. The molecule has 3 nitrogen and oxygen atoms in total. The van der Waals surface area contributed by atoms with Gasteiger partial charge >= 0.3 is 0 Å². The minimum atomic E-state index is -0.305. The second-order valence-corrected chi connectivity index (χ2v) is 5.71. The summed E-state index contributed by atoms with van der Waals surface area (Å²) in [6.07, 6.45) is 0. The zero-order chi connectivity index (χ0) is 12.3. The van der Waals surface area contributed by atoms with E-state index < -0.39 is 0 Å². The predicted octanol–water partition coefficient (Wildman–Crippen LogP) is 4.12. The topological polar surface area (TPSA) is 43.1 Å². The molecule has 0 amide bonds. The maximum absolute atomic E-state index is 11.0. The number of alkyl halides is 1. The first-order chi connectivity index (χ1) is 7.45. The van der Waals surface area contributed by atoms with E-state index in [9.17, 15) is 10.1 Å². The van der Waals surface area contributed by atoms with Crippen LogP contribution in [0.5, 0.6) is 0 Å². The molecule has 0 aromatic heterocycles. The second-order valence-electron chi connectivity index (χ2n) is 4.26. The summed E-state index contributed by atoms with van der Waals surface area (Å²) in [5.41, 5.74) is 1.03. The third-order valence-corrected chi connectivity index (χ3v) is 3.28. The Balaban J connectivity index is 3.23. The molecule has 0 heterocycles. The molecule has 0 aliphatic heterocycles. The maximum atomic E-state index is 11.0. The Kier molecular flexibility index (Phi) is 4.47. The molecule has 1 aromatic carbocycles. The van der Waals surface area contributed by atoms with E-state index in [1.807, 2.05) is 19.1 Å². The van der Waals surface area contributed by atoms with Gasteiger partial charge < -0.3 is 0 Å². The van der Waals surface area contributed by atoms with Gasteiger partial charge in [-0.15, -0.1) is 0 Å². The van der Waals surface area contributed by atoms with Gasteiger partial charge in [-0.1, -0.05) is 54.9 Å². The van der Waals surface area contributed by atoms with E-state index in [2.05, 4.69) is 29.8 Å². The summed E-state index contributed by atoms with van der Waals surface area (Å²) in [4.78, 5) is 10.9. The molecular weight excluding hydrogens is 270 g/mol. The lowest BCUT2D eigenvalue weighted by atomic mass is 9.85. The number of halogens is 1. The summed E-state index contributed by atoms with van der Waals surface area (Å²) in [7, 11) is 0. The highest BCUT2D eigenvalue weighted by molar-refractivity contribution is 9.09. The molecule has 0 fully saturated rings. The lowest BCUT2D eigenvalue weighted by Gasteiger charge is -2.23. The van der Waals surface area contributed by atoms with E-state index in [4.69, 9.17) is 0 Å². The van der Waals surface area contributed by atoms with E-state index in [-0.39, 0.29) is 21.4 Å². The molecule has 2 atom stereocenters. The van der Waals surface area contributed by atoms with Crippen molar-refractivity contribution in [2.24, 2.45) is 5.92 Å². The van der Waals surface area contributed by atoms with Crippen LogP contribution in [0.2, 0.25) is 0 Å². The fourth-order valence-corrected chi connectivity index (χ4v) is 2.97. The van der Waals surface area contributed by atoms with Crippen LogP contribution in [0, 0.1) is 16.0 Å². The molecule has 0 saturated carbocycles. The van der Waals surface area contributed by atoms with Gasteiger partial charge in [0.1, 0.15) is 0 Å². The van der Waals surface area contributed by atoms with Gasteiger partial charge in [0.15, 0.2) is 0 Å². The van der Waals surface area contributed by atoms with Crippen LogP contribution in [0.15, 0.2) is 24.3 Å². The van der Waals surface area contributed by atoms with Crippen molar-refractivity contribution in [3.05, 3.63) is 39.9 Å². The third-order valence-electron chi connectivity index (χ3n) is 2.71. The normalized spacial score (nSPS) is 14.8. The molecule has 0 aliphatic rings. The highest BCUT2D eigenvalue weighted by Gasteiger charge is 2.27.